The van der Waals surface area contributed by atoms with Gasteiger partial charge < -0.3 is 10.6 Å². The summed E-state index contributed by atoms with van der Waals surface area (Å²) in [6.07, 6.45) is 0.937. The summed E-state index contributed by atoms with van der Waals surface area (Å²) >= 11 is 0. The Kier molecular flexibility index (Phi) is 6.91. The van der Waals surface area contributed by atoms with Gasteiger partial charge in [0.15, 0.2) is 0 Å². The topological polar surface area (TPSA) is 79.3 Å². The van der Waals surface area contributed by atoms with Crippen LogP contribution in [0, 0.1) is 0 Å². The summed E-state index contributed by atoms with van der Waals surface area (Å²) in [6, 6.07) is 29.5. The maximum atomic E-state index is 12.9. The molecule has 4 aromatic rings. The van der Waals surface area contributed by atoms with Crippen LogP contribution >= 0.6 is 0 Å². The van der Waals surface area contributed by atoms with Gasteiger partial charge in [-0.25, -0.2) is 4.68 Å². The molecule has 1 saturated heterocycles. The lowest BCUT2D eigenvalue weighted by atomic mass is 10.1. The molecule has 0 radical (unpaired) electrons. The lowest BCUT2D eigenvalue weighted by Crippen LogP contribution is -2.37. The molecule has 3 aromatic carbocycles. The molecule has 1 aromatic heterocycles. The molecule has 1 aliphatic heterocycles. The Hall–Kier alpha value is -4.23. The first-order chi connectivity index (χ1) is 17.5. The van der Waals surface area contributed by atoms with Crippen molar-refractivity contribution in [1.82, 2.24) is 20.0 Å². The average molecular weight is 480 g/mol. The molecule has 182 valence electrons. The van der Waals surface area contributed by atoms with Gasteiger partial charge in [0.1, 0.15) is 5.82 Å². The lowest BCUT2D eigenvalue weighted by molar-refractivity contribution is -0.114. The van der Waals surface area contributed by atoms with Crippen LogP contribution < -0.4 is 10.6 Å². The zero-order valence-corrected chi connectivity index (χ0v) is 20.2. The summed E-state index contributed by atoms with van der Waals surface area (Å²) in [7, 11) is 0. The Balaban J connectivity index is 1.26. The van der Waals surface area contributed by atoms with E-state index in [1.807, 2.05) is 54.6 Å². The molecule has 1 atom stereocenters. The molecule has 5 rings (SSSR count). The molecule has 7 nitrogen and oxygen atoms in total. The van der Waals surface area contributed by atoms with E-state index in [9.17, 15) is 9.59 Å². The second-order valence-electron chi connectivity index (χ2n) is 9.10. The van der Waals surface area contributed by atoms with Gasteiger partial charge in [0.25, 0.3) is 5.91 Å². The van der Waals surface area contributed by atoms with Crippen molar-refractivity contribution >= 4 is 17.6 Å². The number of carbonyl (C=O) groups excluding carboxylic acids is 2. The number of carbonyl (C=O) groups is 2. The Labute approximate surface area is 210 Å². The second-order valence-corrected chi connectivity index (χ2v) is 9.10. The van der Waals surface area contributed by atoms with E-state index in [0.717, 1.165) is 43.0 Å². The van der Waals surface area contributed by atoms with Crippen LogP contribution in [0.1, 0.15) is 29.3 Å². The van der Waals surface area contributed by atoms with Crippen molar-refractivity contribution in [3.63, 3.8) is 0 Å². The molecule has 2 heterocycles. The molecule has 0 saturated carbocycles. The van der Waals surface area contributed by atoms with Gasteiger partial charge >= 0.3 is 0 Å². The van der Waals surface area contributed by atoms with E-state index in [4.69, 9.17) is 5.10 Å². The molecule has 0 spiro atoms. The summed E-state index contributed by atoms with van der Waals surface area (Å²) in [4.78, 5) is 27.0. The molecule has 7 heteroatoms. The Morgan fingerprint density at radius 1 is 0.944 bits per heavy atom. The predicted octanol–water partition coefficient (Wildman–Crippen LogP) is 4.50. The number of amides is 2. The smallest absolute Gasteiger partial charge is 0.251 e. The van der Waals surface area contributed by atoms with E-state index < -0.39 is 0 Å². The fourth-order valence-corrected chi connectivity index (χ4v) is 4.56. The van der Waals surface area contributed by atoms with E-state index in [0.29, 0.717) is 11.4 Å². The number of benzene rings is 3. The first-order valence-corrected chi connectivity index (χ1v) is 12.2. The van der Waals surface area contributed by atoms with Crippen molar-refractivity contribution in [2.75, 3.05) is 18.4 Å². The lowest BCUT2D eigenvalue weighted by Gasteiger charge is -2.17. The monoisotopic (exact) mass is 479 g/mol. The number of nitrogens with zero attached hydrogens (tertiary/aromatic N) is 3. The molecule has 2 N–H and O–H groups in total. The quantitative estimate of drug-likeness (QED) is 0.409. The van der Waals surface area contributed by atoms with Crippen LogP contribution in [0.4, 0.5) is 5.82 Å². The van der Waals surface area contributed by atoms with Gasteiger partial charge in [-0.1, -0.05) is 60.7 Å². The van der Waals surface area contributed by atoms with Crippen molar-refractivity contribution in [2.24, 2.45) is 0 Å². The first-order valence-electron chi connectivity index (χ1n) is 12.2. The van der Waals surface area contributed by atoms with Gasteiger partial charge in [-0.3, -0.25) is 14.5 Å². The second kappa shape index (κ2) is 10.6. The molecule has 1 fully saturated rings. The fraction of sp³-hybridized carbons (Fsp3) is 0.207. The molecule has 2 amide bonds. The number of hydrogen-bond acceptors (Lipinski definition) is 4. The average Bonchev–Trinajstić information content (AvgIpc) is 3.51. The van der Waals surface area contributed by atoms with Gasteiger partial charge in [-0.2, -0.15) is 5.10 Å². The highest BCUT2D eigenvalue weighted by Gasteiger charge is 2.24. The largest absolute Gasteiger partial charge is 0.348 e. The van der Waals surface area contributed by atoms with Crippen LogP contribution in [0.3, 0.4) is 0 Å². The first kappa shape index (κ1) is 23.5. The van der Waals surface area contributed by atoms with Crippen LogP contribution in [0.5, 0.6) is 0 Å². The number of anilines is 1. The van der Waals surface area contributed by atoms with Crippen molar-refractivity contribution in [2.45, 2.75) is 25.9 Å². The van der Waals surface area contributed by atoms with Crippen LogP contribution in [-0.2, 0) is 11.3 Å². The Morgan fingerprint density at radius 2 is 1.64 bits per heavy atom. The predicted molar refractivity (Wildman–Crippen MR) is 141 cm³/mol. The van der Waals surface area contributed by atoms with E-state index in [2.05, 4.69) is 39.8 Å². The van der Waals surface area contributed by atoms with Gasteiger partial charge in [0.05, 0.1) is 11.4 Å². The third kappa shape index (κ3) is 5.53. The minimum atomic E-state index is -0.176. The van der Waals surface area contributed by atoms with Crippen LogP contribution in [0.15, 0.2) is 91.0 Å². The van der Waals surface area contributed by atoms with Crippen molar-refractivity contribution < 1.29 is 9.59 Å². The summed E-state index contributed by atoms with van der Waals surface area (Å²) in [6.45, 7) is 4.17. The summed E-state index contributed by atoms with van der Waals surface area (Å²) in [5.74, 6) is 0.313. The third-order valence-electron chi connectivity index (χ3n) is 6.31. The molecule has 1 unspecified atom stereocenters. The zero-order valence-electron chi connectivity index (χ0n) is 20.2. The Bertz CT molecular complexity index is 1330. The fourth-order valence-electron chi connectivity index (χ4n) is 4.56. The highest BCUT2D eigenvalue weighted by Crippen LogP contribution is 2.25. The number of nitrogens with one attached hydrogen (secondary N) is 2. The summed E-state index contributed by atoms with van der Waals surface area (Å²) < 4.78 is 1.68. The van der Waals surface area contributed by atoms with E-state index >= 15 is 0 Å². The highest BCUT2D eigenvalue weighted by molar-refractivity contribution is 5.94. The number of aromatic nitrogens is 2. The maximum absolute atomic E-state index is 12.9. The van der Waals surface area contributed by atoms with Gasteiger partial charge in [-0.05, 0) is 36.2 Å². The highest BCUT2D eigenvalue weighted by atomic mass is 16.2. The zero-order chi connectivity index (χ0) is 24.9. The summed E-state index contributed by atoms with van der Waals surface area (Å²) in [5, 5.41) is 10.7. The van der Waals surface area contributed by atoms with Crippen LogP contribution in [0.25, 0.3) is 16.9 Å². The number of hydrogen-bond donors (Lipinski definition) is 2. The molecule has 36 heavy (non-hydrogen) atoms. The van der Waals surface area contributed by atoms with E-state index in [1.165, 1.54) is 12.5 Å². The molecule has 1 aliphatic rings. The maximum Gasteiger partial charge on any atom is 0.251 e. The molecular weight excluding hydrogens is 450 g/mol. The van der Waals surface area contributed by atoms with Crippen molar-refractivity contribution in [1.29, 1.82) is 0 Å². The minimum Gasteiger partial charge on any atom is -0.348 e. The van der Waals surface area contributed by atoms with E-state index in [-0.39, 0.29) is 17.9 Å². The Morgan fingerprint density at radius 3 is 2.33 bits per heavy atom. The normalized spacial score (nSPS) is 15.5. The SMILES string of the molecule is CC(=O)Nc1cc(-c2ccccc2)nn1-c1ccc(C(=O)NC2CCN(Cc3ccccc3)C2)cc1. The van der Waals surface area contributed by atoms with E-state index in [1.54, 1.807) is 16.8 Å². The van der Waals surface area contributed by atoms with Crippen LogP contribution in [-0.4, -0.2) is 45.6 Å². The molecule has 0 bridgehead atoms. The minimum absolute atomic E-state index is 0.0827. The standard InChI is InChI=1S/C29H29N5O2/c1-21(35)30-28-18-27(23-10-6-3-7-11-23)32-34(28)26-14-12-24(13-15-26)29(36)31-25-16-17-33(20-25)19-22-8-4-2-5-9-22/h2-15,18,25H,16-17,19-20H2,1H3,(H,30,35)(H,31,36). The third-order valence-corrected chi connectivity index (χ3v) is 6.31. The summed E-state index contributed by atoms with van der Waals surface area (Å²) in [5.41, 5.74) is 4.34. The van der Waals surface area contributed by atoms with Gasteiger partial charge in [-0.15, -0.1) is 0 Å². The van der Waals surface area contributed by atoms with Gasteiger partial charge in [0, 0.05) is 49.8 Å². The molecule has 0 aliphatic carbocycles. The number of rotatable bonds is 7. The van der Waals surface area contributed by atoms with Crippen molar-refractivity contribution in [3.05, 3.63) is 102 Å². The molecular formula is C29H29N5O2. The van der Waals surface area contributed by atoms with Crippen LogP contribution in [0.2, 0.25) is 0 Å². The van der Waals surface area contributed by atoms with Gasteiger partial charge in [0.2, 0.25) is 5.91 Å². The van der Waals surface area contributed by atoms with Crippen molar-refractivity contribution in [3.8, 4) is 16.9 Å². The number of likely N-dealkylation sites (tertiary alicyclic amines) is 1.